The van der Waals surface area contributed by atoms with Crippen molar-refractivity contribution < 1.29 is 4.79 Å². The van der Waals surface area contributed by atoms with E-state index in [9.17, 15) is 10.1 Å². The molecule has 0 aliphatic carbocycles. The van der Waals surface area contributed by atoms with Gasteiger partial charge in [0.15, 0.2) is 0 Å². The van der Waals surface area contributed by atoms with Crippen LogP contribution < -0.4 is 10.6 Å². The first-order chi connectivity index (χ1) is 14.0. The van der Waals surface area contributed by atoms with Gasteiger partial charge in [0.25, 0.3) is 5.91 Å². The number of anilines is 1. The molecular formula is C23H25IN4O. The number of likely N-dealkylation sites (tertiary alicyclic amines) is 1. The van der Waals surface area contributed by atoms with E-state index in [1.807, 2.05) is 37.3 Å². The Hall–Kier alpha value is -2.37. The van der Waals surface area contributed by atoms with E-state index in [0.29, 0.717) is 0 Å². The van der Waals surface area contributed by atoms with E-state index >= 15 is 0 Å². The number of amides is 1. The summed E-state index contributed by atoms with van der Waals surface area (Å²) in [5.41, 5.74) is 3.12. The molecule has 3 rings (SSSR count). The Morgan fingerprint density at radius 3 is 2.62 bits per heavy atom. The summed E-state index contributed by atoms with van der Waals surface area (Å²) in [6.07, 6.45) is 3.54. The van der Waals surface area contributed by atoms with Gasteiger partial charge in [0, 0.05) is 41.1 Å². The van der Waals surface area contributed by atoms with Gasteiger partial charge in [0.05, 0.1) is 0 Å². The number of halogens is 1. The molecular weight excluding hydrogens is 475 g/mol. The molecule has 0 atom stereocenters. The molecule has 150 valence electrons. The van der Waals surface area contributed by atoms with E-state index in [0.717, 1.165) is 47.3 Å². The van der Waals surface area contributed by atoms with E-state index < -0.39 is 0 Å². The molecule has 1 aliphatic heterocycles. The Labute approximate surface area is 185 Å². The van der Waals surface area contributed by atoms with Crippen molar-refractivity contribution in [2.24, 2.45) is 0 Å². The molecule has 0 aromatic heterocycles. The zero-order chi connectivity index (χ0) is 20.6. The largest absolute Gasteiger partial charge is 0.387 e. The van der Waals surface area contributed by atoms with Crippen molar-refractivity contribution in [3.05, 3.63) is 75.0 Å². The first-order valence-corrected chi connectivity index (χ1v) is 10.8. The third-order valence-electron chi connectivity index (χ3n) is 5.10. The first-order valence-electron chi connectivity index (χ1n) is 9.75. The van der Waals surface area contributed by atoms with Crippen LogP contribution in [-0.2, 0) is 11.3 Å². The average Bonchev–Trinajstić information content (AvgIpc) is 2.72. The van der Waals surface area contributed by atoms with Gasteiger partial charge in [-0.05, 0) is 71.7 Å². The van der Waals surface area contributed by atoms with Gasteiger partial charge < -0.3 is 10.6 Å². The lowest BCUT2D eigenvalue weighted by Gasteiger charge is -2.32. The van der Waals surface area contributed by atoms with Crippen LogP contribution in [0.2, 0.25) is 0 Å². The van der Waals surface area contributed by atoms with Crippen LogP contribution in [0.5, 0.6) is 0 Å². The molecule has 1 aliphatic rings. The molecule has 1 amide bonds. The summed E-state index contributed by atoms with van der Waals surface area (Å²) in [6.45, 7) is 4.90. The summed E-state index contributed by atoms with van der Waals surface area (Å²) < 4.78 is 1.11. The molecule has 1 saturated heterocycles. The Kier molecular flexibility index (Phi) is 7.67. The molecule has 29 heavy (non-hydrogen) atoms. The molecule has 0 radical (unpaired) electrons. The molecule has 2 aromatic carbocycles. The van der Waals surface area contributed by atoms with Crippen LogP contribution in [0.25, 0.3) is 0 Å². The number of carbonyl (C=O) groups is 1. The molecule has 2 aromatic rings. The number of nitrogens with one attached hydrogen (secondary N) is 2. The van der Waals surface area contributed by atoms with Crippen molar-refractivity contribution in [1.82, 2.24) is 10.2 Å². The minimum atomic E-state index is -0.383. The number of nitrogens with zero attached hydrogens (tertiary/aromatic N) is 2. The van der Waals surface area contributed by atoms with E-state index in [2.05, 4.69) is 62.4 Å². The molecule has 6 heteroatoms. The van der Waals surface area contributed by atoms with Gasteiger partial charge in [-0.2, -0.15) is 5.26 Å². The maximum absolute atomic E-state index is 12.5. The average molecular weight is 500 g/mol. The van der Waals surface area contributed by atoms with Crippen molar-refractivity contribution in [3.8, 4) is 6.07 Å². The fourth-order valence-corrected chi connectivity index (χ4v) is 4.05. The zero-order valence-corrected chi connectivity index (χ0v) is 18.6. The minimum Gasteiger partial charge on any atom is -0.387 e. The third kappa shape index (κ3) is 6.31. The number of piperidine rings is 1. The maximum atomic E-state index is 12.5. The lowest BCUT2D eigenvalue weighted by molar-refractivity contribution is -0.112. The quantitative estimate of drug-likeness (QED) is 0.355. The van der Waals surface area contributed by atoms with Crippen molar-refractivity contribution >= 4 is 34.2 Å². The van der Waals surface area contributed by atoms with Gasteiger partial charge in [-0.25, -0.2) is 0 Å². The second-order valence-corrected chi connectivity index (χ2v) is 8.53. The second-order valence-electron chi connectivity index (χ2n) is 7.29. The van der Waals surface area contributed by atoms with E-state index in [1.54, 1.807) is 6.20 Å². The number of nitriles is 1. The first kappa shape index (κ1) is 21.3. The summed E-state index contributed by atoms with van der Waals surface area (Å²) in [6, 6.07) is 18.6. The lowest BCUT2D eigenvalue weighted by Crippen LogP contribution is -2.40. The van der Waals surface area contributed by atoms with Gasteiger partial charge in [0.2, 0.25) is 0 Å². The van der Waals surface area contributed by atoms with Crippen LogP contribution in [-0.4, -0.2) is 29.9 Å². The number of aryl methyl sites for hydroxylation is 1. The number of benzene rings is 2. The molecule has 2 N–H and O–H groups in total. The molecule has 1 fully saturated rings. The third-order valence-corrected chi connectivity index (χ3v) is 5.77. The highest BCUT2D eigenvalue weighted by atomic mass is 127. The van der Waals surface area contributed by atoms with Gasteiger partial charge in [-0.3, -0.25) is 9.69 Å². The lowest BCUT2D eigenvalue weighted by atomic mass is 10.0. The molecule has 5 nitrogen and oxygen atoms in total. The fraction of sp³-hybridized carbons (Fsp3) is 0.304. The number of hydrogen-bond donors (Lipinski definition) is 2. The van der Waals surface area contributed by atoms with E-state index in [-0.39, 0.29) is 17.5 Å². The Bertz CT molecular complexity index is 912. The van der Waals surface area contributed by atoms with Crippen LogP contribution in [0.4, 0.5) is 5.69 Å². The van der Waals surface area contributed by atoms with Crippen LogP contribution in [0.15, 0.2) is 60.3 Å². The van der Waals surface area contributed by atoms with Crippen LogP contribution >= 0.6 is 22.6 Å². The molecule has 0 bridgehead atoms. The van der Waals surface area contributed by atoms with E-state index in [1.165, 1.54) is 5.56 Å². The van der Waals surface area contributed by atoms with Crippen LogP contribution in [0.3, 0.4) is 0 Å². The van der Waals surface area contributed by atoms with Crippen molar-refractivity contribution in [3.63, 3.8) is 0 Å². The Morgan fingerprint density at radius 1 is 1.24 bits per heavy atom. The van der Waals surface area contributed by atoms with Crippen LogP contribution in [0, 0.1) is 21.8 Å². The van der Waals surface area contributed by atoms with E-state index in [4.69, 9.17) is 0 Å². The minimum absolute atomic E-state index is 0.0923. The number of carbonyl (C=O) groups excluding carboxylic acids is 1. The smallest absolute Gasteiger partial charge is 0.267 e. The predicted molar refractivity (Wildman–Crippen MR) is 124 cm³/mol. The molecule has 0 spiro atoms. The Balaban J connectivity index is 1.50. The van der Waals surface area contributed by atoms with Gasteiger partial charge in [-0.1, -0.05) is 30.3 Å². The second kappa shape index (κ2) is 10.4. The Morgan fingerprint density at radius 2 is 1.97 bits per heavy atom. The number of hydrogen-bond acceptors (Lipinski definition) is 4. The zero-order valence-electron chi connectivity index (χ0n) is 16.5. The fourth-order valence-electron chi connectivity index (χ4n) is 3.41. The topological polar surface area (TPSA) is 68.2 Å². The summed E-state index contributed by atoms with van der Waals surface area (Å²) in [7, 11) is 0. The summed E-state index contributed by atoms with van der Waals surface area (Å²) in [4.78, 5) is 14.9. The van der Waals surface area contributed by atoms with Crippen molar-refractivity contribution in [2.75, 3.05) is 18.4 Å². The van der Waals surface area contributed by atoms with Crippen molar-refractivity contribution in [1.29, 1.82) is 5.26 Å². The van der Waals surface area contributed by atoms with Gasteiger partial charge in [-0.15, -0.1) is 0 Å². The normalized spacial score (nSPS) is 15.6. The highest BCUT2D eigenvalue weighted by Gasteiger charge is 2.19. The molecule has 1 heterocycles. The van der Waals surface area contributed by atoms with Crippen molar-refractivity contribution in [2.45, 2.75) is 32.4 Å². The molecule has 0 unspecified atom stereocenters. The molecule has 0 saturated carbocycles. The summed E-state index contributed by atoms with van der Waals surface area (Å²) in [5.74, 6) is -0.383. The maximum Gasteiger partial charge on any atom is 0.267 e. The highest BCUT2D eigenvalue weighted by Crippen LogP contribution is 2.18. The monoisotopic (exact) mass is 500 g/mol. The summed E-state index contributed by atoms with van der Waals surface area (Å²) >= 11 is 2.23. The summed E-state index contributed by atoms with van der Waals surface area (Å²) in [5, 5.41) is 15.5. The van der Waals surface area contributed by atoms with Gasteiger partial charge in [0.1, 0.15) is 11.6 Å². The van der Waals surface area contributed by atoms with Crippen LogP contribution in [0.1, 0.15) is 24.0 Å². The standard InChI is InChI=1S/C23H25IN4O/c1-17-13-20(24)7-8-22(17)27-23(29)19(14-25)15-26-21-9-11-28(12-10-21)16-18-5-3-2-4-6-18/h2-8,13,15,21,26H,9-12,16H2,1H3,(H,27,29)/b19-15-. The van der Waals surface area contributed by atoms with Gasteiger partial charge >= 0.3 is 0 Å². The number of rotatable bonds is 6. The SMILES string of the molecule is Cc1cc(I)ccc1NC(=O)/C(C#N)=C\NC1CCN(Cc2ccccc2)CC1. The highest BCUT2D eigenvalue weighted by molar-refractivity contribution is 14.1. The predicted octanol–water partition coefficient (Wildman–Crippen LogP) is 4.20.